The molecule has 1 saturated carbocycles. The second-order valence-corrected chi connectivity index (χ2v) is 8.88. The number of ether oxygens (including phenoxy) is 2. The summed E-state index contributed by atoms with van der Waals surface area (Å²) in [5.74, 6) is -0.296. The van der Waals surface area contributed by atoms with Crippen LogP contribution in [0.1, 0.15) is 25.7 Å². The Labute approximate surface area is 176 Å². The highest BCUT2D eigenvalue weighted by molar-refractivity contribution is 6.18. The first-order chi connectivity index (χ1) is 14.5. The second-order valence-electron chi connectivity index (χ2n) is 8.88. The molecule has 4 unspecified atom stereocenters. The highest BCUT2D eigenvalue weighted by Gasteiger charge is 2.51. The number of ketones is 1. The maximum Gasteiger partial charge on any atom is 0.340 e. The number of Topliss-reactive ketones (excluding diaryl/α,β-unsaturated/α-hetero) is 1. The van der Waals surface area contributed by atoms with E-state index in [0.29, 0.717) is 23.5 Å². The number of hydrogen-bond acceptors (Lipinski definition) is 7. The van der Waals surface area contributed by atoms with E-state index < -0.39 is 11.9 Å². The van der Waals surface area contributed by atoms with Crippen LogP contribution in [0.15, 0.2) is 35.1 Å². The normalized spacial score (nSPS) is 33.6. The van der Waals surface area contributed by atoms with E-state index in [2.05, 4.69) is 10.2 Å². The number of nitrogens with zero attached hydrogens (tertiary/aromatic N) is 2. The van der Waals surface area contributed by atoms with Gasteiger partial charge in [0.1, 0.15) is 28.8 Å². The maximum absolute atomic E-state index is 13.1. The third kappa shape index (κ3) is 3.00. The predicted octanol–water partition coefficient (Wildman–Crippen LogP) is 1.07. The molecule has 8 nitrogen and oxygen atoms in total. The van der Waals surface area contributed by atoms with Crippen molar-refractivity contribution in [2.75, 3.05) is 33.9 Å². The number of methoxy groups -OCH3 is 2. The lowest BCUT2D eigenvalue weighted by Crippen LogP contribution is -2.51. The van der Waals surface area contributed by atoms with Gasteiger partial charge in [0.15, 0.2) is 5.78 Å². The molecule has 3 heterocycles. The molecular formula is C22H29N3O5. The lowest BCUT2D eigenvalue weighted by Gasteiger charge is -2.43. The summed E-state index contributed by atoms with van der Waals surface area (Å²) in [6.45, 7) is 2.85. The van der Waals surface area contributed by atoms with Gasteiger partial charge in [0.2, 0.25) is 0 Å². The lowest BCUT2D eigenvalue weighted by molar-refractivity contribution is -0.136. The topological polar surface area (TPSA) is 91.3 Å². The number of carbonyl (C=O) groups is 2. The average Bonchev–Trinajstić information content (AvgIpc) is 3.50. The van der Waals surface area contributed by atoms with Gasteiger partial charge in [-0.2, -0.15) is 0 Å². The molecule has 0 aromatic heterocycles. The summed E-state index contributed by atoms with van der Waals surface area (Å²) in [5, 5.41) is 13.2. The summed E-state index contributed by atoms with van der Waals surface area (Å²) in [5.41, 5.74) is 0.744. The van der Waals surface area contributed by atoms with Crippen LogP contribution in [-0.4, -0.2) is 78.6 Å². The zero-order valence-corrected chi connectivity index (χ0v) is 17.5. The highest BCUT2D eigenvalue weighted by Crippen LogP contribution is 2.44. The van der Waals surface area contributed by atoms with Crippen molar-refractivity contribution >= 4 is 11.8 Å². The quantitative estimate of drug-likeness (QED) is 0.645. The zero-order chi connectivity index (χ0) is 21.0. The van der Waals surface area contributed by atoms with Gasteiger partial charge in [0.05, 0.1) is 20.1 Å². The minimum absolute atomic E-state index is 0.162. The van der Waals surface area contributed by atoms with Crippen molar-refractivity contribution in [1.82, 2.24) is 15.1 Å². The third-order valence-electron chi connectivity index (χ3n) is 7.13. The van der Waals surface area contributed by atoms with Gasteiger partial charge in [-0.1, -0.05) is 0 Å². The molecule has 0 amide bonds. The molecule has 0 spiro atoms. The number of hydrogen-bond donors (Lipinski definition) is 2. The van der Waals surface area contributed by atoms with Crippen molar-refractivity contribution in [1.29, 1.82) is 0 Å². The summed E-state index contributed by atoms with van der Waals surface area (Å²) in [7, 11) is 3.24. The van der Waals surface area contributed by atoms with E-state index in [0.717, 1.165) is 38.2 Å². The Bertz CT molecular complexity index is 845. The van der Waals surface area contributed by atoms with Crippen LogP contribution in [0.2, 0.25) is 0 Å². The molecule has 0 aromatic rings. The summed E-state index contributed by atoms with van der Waals surface area (Å²) < 4.78 is 11.7. The van der Waals surface area contributed by atoms with Gasteiger partial charge < -0.3 is 29.7 Å². The van der Waals surface area contributed by atoms with E-state index in [-0.39, 0.29) is 23.4 Å². The SMILES string of the molecule is COC1=CC2C(=O)C(C(=O)O)=CN(C3CC3)C2C(OC)=C1N1CC2CCCNC2C1. The maximum atomic E-state index is 13.1. The fraction of sp³-hybridized carbons (Fsp3) is 0.636. The van der Waals surface area contributed by atoms with Crippen LogP contribution < -0.4 is 5.32 Å². The standard InChI is InChI=1S/C22H29N3O5/c1-29-17-8-14-18(25(13-5-6-13)10-15(20(14)26)22(27)28)21(30-2)19(17)24-9-12-4-3-7-23-16(12)11-24/h8,10,12-14,16,18,23H,3-7,9,11H2,1-2H3,(H,27,28). The molecule has 2 aliphatic carbocycles. The summed E-state index contributed by atoms with van der Waals surface area (Å²) in [6, 6.07) is 0.362. The first-order valence-corrected chi connectivity index (χ1v) is 10.8. The number of aliphatic carboxylic acids is 1. The predicted molar refractivity (Wildman–Crippen MR) is 108 cm³/mol. The summed E-state index contributed by atoms with van der Waals surface area (Å²) in [4.78, 5) is 29.2. The molecule has 3 aliphatic heterocycles. The Morgan fingerprint density at radius 3 is 2.63 bits per heavy atom. The average molecular weight is 415 g/mol. The van der Waals surface area contributed by atoms with Gasteiger partial charge in [-0.15, -0.1) is 0 Å². The van der Waals surface area contributed by atoms with Crippen molar-refractivity contribution in [3.63, 3.8) is 0 Å². The van der Waals surface area contributed by atoms with Crippen molar-refractivity contribution < 1.29 is 24.2 Å². The number of carboxylic acids is 1. The number of nitrogens with one attached hydrogen (secondary N) is 1. The monoisotopic (exact) mass is 415 g/mol. The van der Waals surface area contributed by atoms with Gasteiger partial charge in [-0.05, 0) is 44.2 Å². The first-order valence-electron chi connectivity index (χ1n) is 10.8. The minimum atomic E-state index is -1.18. The van der Waals surface area contributed by atoms with Crippen molar-refractivity contribution in [3.05, 3.63) is 35.1 Å². The highest BCUT2D eigenvalue weighted by atomic mass is 16.5. The number of carboxylic acid groups (broad SMARTS) is 1. The van der Waals surface area contributed by atoms with Crippen LogP contribution in [0.5, 0.6) is 0 Å². The molecule has 30 heavy (non-hydrogen) atoms. The molecule has 2 saturated heterocycles. The fourth-order valence-electron chi connectivity index (χ4n) is 5.56. The molecule has 2 N–H and O–H groups in total. The lowest BCUT2D eigenvalue weighted by atomic mass is 9.81. The van der Waals surface area contributed by atoms with E-state index in [9.17, 15) is 14.7 Å². The first kappa shape index (κ1) is 19.5. The molecule has 0 aromatic carbocycles. The van der Waals surface area contributed by atoms with Crippen molar-refractivity contribution in [2.45, 2.75) is 43.8 Å². The van der Waals surface area contributed by atoms with E-state index in [4.69, 9.17) is 9.47 Å². The van der Waals surface area contributed by atoms with E-state index in [1.165, 1.54) is 19.0 Å². The molecule has 5 rings (SSSR count). The molecule has 4 atom stereocenters. The van der Waals surface area contributed by atoms with Gasteiger partial charge in [-0.3, -0.25) is 4.79 Å². The molecule has 8 heteroatoms. The van der Waals surface area contributed by atoms with Gasteiger partial charge in [-0.25, -0.2) is 4.79 Å². The summed E-state index contributed by atoms with van der Waals surface area (Å²) in [6.07, 6.45) is 7.73. The Hall–Kier alpha value is -2.48. The minimum Gasteiger partial charge on any atom is -0.497 e. The largest absolute Gasteiger partial charge is 0.497 e. The number of piperidine rings is 1. The number of likely N-dealkylation sites (tertiary alicyclic amines) is 1. The van der Waals surface area contributed by atoms with E-state index >= 15 is 0 Å². The Kier molecular flexibility index (Phi) is 4.76. The number of fused-ring (bicyclic) bond motifs is 2. The number of carbonyl (C=O) groups excluding carboxylic acids is 1. The fourth-order valence-corrected chi connectivity index (χ4v) is 5.56. The molecule has 162 valence electrons. The van der Waals surface area contributed by atoms with Gasteiger partial charge in [0.25, 0.3) is 0 Å². The van der Waals surface area contributed by atoms with Crippen LogP contribution in [0, 0.1) is 11.8 Å². The van der Waals surface area contributed by atoms with Gasteiger partial charge >= 0.3 is 5.97 Å². The molecule has 5 aliphatic rings. The van der Waals surface area contributed by atoms with Crippen molar-refractivity contribution in [2.24, 2.45) is 11.8 Å². The Morgan fingerprint density at radius 1 is 1.20 bits per heavy atom. The molecular weight excluding hydrogens is 386 g/mol. The third-order valence-corrected chi connectivity index (χ3v) is 7.13. The van der Waals surface area contributed by atoms with E-state index in [1.54, 1.807) is 14.2 Å². The Morgan fingerprint density at radius 2 is 2.00 bits per heavy atom. The smallest absolute Gasteiger partial charge is 0.340 e. The number of rotatable bonds is 5. The van der Waals surface area contributed by atoms with Crippen LogP contribution >= 0.6 is 0 Å². The zero-order valence-electron chi connectivity index (χ0n) is 17.5. The second kappa shape index (κ2) is 7.34. The van der Waals surface area contributed by atoms with Crippen LogP contribution in [-0.2, 0) is 19.1 Å². The van der Waals surface area contributed by atoms with E-state index in [1.807, 2.05) is 11.0 Å². The molecule has 3 fully saturated rings. The van der Waals surface area contributed by atoms with Crippen molar-refractivity contribution in [3.8, 4) is 0 Å². The van der Waals surface area contributed by atoms with Gasteiger partial charge in [0, 0.05) is 31.4 Å². The Balaban J connectivity index is 1.58. The molecule has 0 bridgehead atoms. The summed E-state index contributed by atoms with van der Waals surface area (Å²) >= 11 is 0. The van der Waals surface area contributed by atoms with Crippen LogP contribution in [0.25, 0.3) is 0 Å². The molecule has 0 radical (unpaired) electrons. The van der Waals surface area contributed by atoms with Crippen LogP contribution in [0.4, 0.5) is 0 Å². The van der Waals surface area contributed by atoms with Crippen LogP contribution in [0.3, 0.4) is 0 Å².